The van der Waals surface area contributed by atoms with E-state index in [0.29, 0.717) is 5.16 Å². The van der Waals surface area contributed by atoms with E-state index >= 15 is 0 Å². The molecule has 0 aromatic heterocycles. The first kappa shape index (κ1) is 28.6. The molecule has 0 rings (SSSR count). The van der Waals surface area contributed by atoms with E-state index in [1.165, 1.54) is 0 Å². The first-order valence-electron chi connectivity index (χ1n) is 8.44. The first-order valence-corrected chi connectivity index (χ1v) is 16.1. The fourth-order valence-electron chi connectivity index (χ4n) is 3.16. The Labute approximate surface area is 160 Å². The van der Waals surface area contributed by atoms with E-state index in [-0.39, 0.29) is 24.4 Å². The van der Waals surface area contributed by atoms with Gasteiger partial charge in [-0.15, -0.1) is 13.2 Å². The third-order valence-corrected chi connectivity index (χ3v) is 14.0. The molecule has 0 N–H and O–H groups in total. The van der Waals surface area contributed by atoms with E-state index in [4.69, 9.17) is 4.12 Å². The summed E-state index contributed by atoms with van der Waals surface area (Å²) >= 11 is 0. The van der Waals surface area contributed by atoms with Crippen LogP contribution in [0.25, 0.3) is 0 Å². The van der Waals surface area contributed by atoms with E-state index < -0.39 is 16.6 Å². The molecule has 1 nitrogen and oxygen atoms in total. The summed E-state index contributed by atoms with van der Waals surface area (Å²) in [6.07, 6.45) is 0. The molecule has 0 amide bonds. The molecule has 0 aliphatic rings. The van der Waals surface area contributed by atoms with E-state index in [2.05, 4.69) is 87.8 Å². The molecular weight excluding hydrogens is 378 g/mol. The second kappa shape index (κ2) is 11.4. The molecule has 0 saturated heterocycles. The second-order valence-electron chi connectivity index (χ2n) is 8.73. The maximum Gasteiger partial charge on any atom is 0.198 e. The van der Waals surface area contributed by atoms with Crippen LogP contribution in [-0.4, -0.2) is 33.1 Å². The van der Waals surface area contributed by atoms with Gasteiger partial charge in [0.15, 0.2) is 16.6 Å². The summed E-state index contributed by atoms with van der Waals surface area (Å²) in [5.74, 6) is 0. The van der Waals surface area contributed by atoms with Gasteiger partial charge < -0.3 is 4.12 Å². The van der Waals surface area contributed by atoms with Crippen molar-refractivity contribution in [3.05, 3.63) is 24.6 Å². The van der Waals surface area contributed by atoms with Crippen molar-refractivity contribution in [1.82, 2.24) is 0 Å². The third kappa shape index (κ3) is 13.7. The Bertz CT molecular complexity index is 321. The Hall–Kier alpha value is 0.797. The van der Waals surface area contributed by atoms with Gasteiger partial charge in [0.2, 0.25) is 0 Å². The molecule has 23 heavy (non-hydrogen) atoms. The molecule has 0 aromatic carbocycles. The van der Waals surface area contributed by atoms with Crippen molar-refractivity contribution < 1.29 is 20.6 Å². The Morgan fingerprint density at radius 2 is 1.09 bits per heavy atom. The van der Waals surface area contributed by atoms with E-state index in [0.717, 1.165) is 11.3 Å². The molecule has 0 unspecified atom stereocenters. The van der Waals surface area contributed by atoms with Gasteiger partial charge in [-0.3, -0.25) is 0 Å². The molecule has 5 heteroatoms. The van der Waals surface area contributed by atoms with Crippen molar-refractivity contribution in [2.24, 2.45) is 0 Å². The number of rotatable bonds is 6. The normalized spacial score (nSPS) is 12.6. The van der Waals surface area contributed by atoms with Crippen LogP contribution in [0.4, 0.5) is 0 Å². The molecule has 0 spiro atoms. The molecule has 0 atom stereocenters. The smallest absolute Gasteiger partial charge is 0.198 e. The van der Waals surface area contributed by atoms with Crippen molar-refractivity contribution in [2.45, 2.75) is 91.1 Å². The molecule has 0 aromatic rings. The van der Waals surface area contributed by atoms with Gasteiger partial charge in [0.05, 0.1) is 16.5 Å². The van der Waals surface area contributed by atoms with Crippen molar-refractivity contribution >= 4 is 24.6 Å². The van der Waals surface area contributed by atoms with Crippen LogP contribution in [0.1, 0.15) is 48.5 Å². The van der Waals surface area contributed by atoms with E-state index in [1.54, 1.807) is 0 Å². The Morgan fingerprint density at radius 1 is 0.826 bits per heavy atom. The average Bonchev–Trinajstić information content (AvgIpc) is 2.25. The SMILES string of the molecule is C=C[Si](C)(C)O[Si](C)(C)C=C.CC(C)[PH+](C(C)C)C(C)(C)C.[Ni]. The largest absolute Gasteiger partial charge is 0.449 e. The van der Waals surface area contributed by atoms with Gasteiger partial charge in [0, 0.05) is 24.4 Å². The topological polar surface area (TPSA) is 9.23 Å². The monoisotopic (exact) mass is 419 g/mol. The molecule has 0 aliphatic carbocycles. The standard InChI is InChI=1S/C10H23P.C8H18OSi2.Ni/c1-8(2)11(9(3)4)10(5,6)7;1-7-10(3,4)9-11(5,6)8-2;/h8-9H,1-7H3;7-8H,1-2H2,3-6H3;/p+1. The van der Waals surface area contributed by atoms with E-state index in [1.807, 2.05) is 11.4 Å². The van der Waals surface area contributed by atoms with Crippen LogP contribution in [0.2, 0.25) is 26.2 Å². The predicted octanol–water partition coefficient (Wildman–Crippen LogP) is 6.68. The fourth-order valence-corrected chi connectivity index (χ4v) is 14.0. The Kier molecular flexibility index (Phi) is 14.2. The van der Waals surface area contributed by atoms with Gasteiger partial charge >= 0.3 is 0 Å². The van der Waals surface area contributed by atoms with Gasteiger partial charge in [-0.1, -0.05) is 11.4 Å². The summed E-state index contributed by atoms with van der Waals surface area (Å²) in [5.41, 5.74) is 5.73. The zero-order valence-corrected chi connectivity index (χ0v) is 21.4. The summed E-state index contributed by atoms with van der Waals surface area (Å²) in [7, 11) is -3.35. The first-order chi connectivity index (χ1) is 9.59. The molecular formula is C18H42NiOPSi2+. The number of hydrogen-bond donors (Lipinski definition) is 0. The van der Waals surface area contributed by atoms with Gasteiger partial charge in [0.25, 0.3) is 0 Å². The van der Waals surface area contributed by atoms with Crippen LogP contribution in [0.5, 0.6) is 0 Å². The zero-order chi connectivity index (χ0) is 18.4. The summed E-state index contributed by atoms with van der Waals surface area (Å²) in [6, 6.07) is 0. The van der Waals surface area contributed by atoms with E-state index in [9.17, 15) is 0 Å². The quantitative estimate of drug-likeness (QED) is 0.344. The van der Waals surface area contributed by atoms with Gasteiger partial charge in [-0.2, -0.15) is 0 Å². The summed E-state index contributed by atoms with van der Waals surface area (Å²) in [4.78, 5) is 0. The van der Waals surface area contributed by atoms with Crippen molar-refractivity contribution in [3.63, 3.8) is 0 Å². The van der Waals surface area contributed by atoms with Crippen LogP contribution >= 0.6 is 7.92 Å². The fraction of sp³-hybridized carbons (Fsp3) is 0.778. The molecule has 0 bridgehead atoms. The van der Waals surface area contributed by atoms with Gasteiger partial charge in [0.1, 0.15) is 0 Å². The summed E-state index contributed by atoms with van der Waals surface area (Å²) in [5, 5.41) is 0.562. The van der Waals surface area contributed by atoms with Gasteiger partial charge in [-0.25, -0.2) is 0 Å². The van der Waals surface area contributed by atoms with Crippen LogP contribution in [0.3, 0.4) is 0 Å². The summed E-state index contributed by atoms with van der Waals surface area (Å²) in [6.45, 7) is 32.8. The van der Waals surface area contributed by atoms with Crippen LogP contribution < -0.4 is 0 Å². The van der Waals surface area contributed by atoms with Crippen LogP contribution in [-0.2, 0) is 20.6 Å². The van der Waals surface area contributed by atoms with Crippen molar-refractivity contribution in [2.75, 3.05) is 0 Å². The Morgan fingerprint density at radius 3 is 1.17 bits per heavy atom. The molecule has 0 saturated carbocycles. The maximum absolute atomic E-state index is 5.97. The molecule has 0 radical (unpaired) electrons. The zero-order valence-electron chi connectivity index (χ0n) is 17.4. The van der Waals surface area contributed by atoms with Crippen molar-refractivity contribution in [3.8, 4) is 0 Å². The minimum atomic E-state index is -1.58. The number of hydrogen-bond acceptors (Lipinski definition) is 1. The minimum absolute atomic E-state index is 0. The maximum atomic E-state index is 5.97. The Balaban J connectivity index is -0.000000333. The average molecular weight is 420 g/mol. The third-order valence-electron chi connectivity index (χ3n) is 3.62. The molecule has 0 heterocycles. The van der Waals surface area contributed by atoms with Crippen molar-refractivity contribution in [1.29, 1.82) is 0 Å². The second-order valence-corrected chi connectivity index (χ2v) is 21.5. The van der Waals surface area contributed by atoms with Crippen LogP contribution in [0.15, 0.2) is 24.6 Å². The molecule has 0 fully saturated rings. The molecule has 142 valence electrons. The predicted molar refractivity (Wildman–Crippen MR) is 115 cm³/mol. The summed E-state index contributed by atoms with van der Waals surface area (Å²) < 4.78 is 5.97. The van der Waals surface area contributed by atoms with Crippen LogP contribution in [0, 0.1) is 0 Å². The minimum Gasteiger partial charge on any atom is -0.449 e. The van der Waals surface area contributed by atoms with Gasteiger partial charge in [-0.05, 0) is 74.7 Å². The molecule has 0 aliphatic heterocycles.